The second kappa shape index (κ2) is 18.1. The first kappa shape index (κ1) is 46.2. The molecule has 0 aliphatic heterocycles. The number of benzene rings is 5. The summed E-state index contributed by atoms with van der Waals surface area (Å²) in [5.41, 5.74) is 16.8. The molecule has 5 aromatic rings. The normalized spacial score (nSPS) is 12.1. The van der Waals surface area contributed by atoms with E-state index < -0.39 is 78.6 Å². The van der Waals surface area contributed by atoms with E-state index in [1.54, 1.807) is 12.1 Å². The summed E-state index contributed by atoms with van der Waals surface area (Å²) in [4.78, 5) is -2.84. The molecule has 0 saturated carbocycles. The molecule has 0 aliphatic rings. The van der Waals surface area contributed by atoms with Crippen LogP contribution in [0.3, 0.4) is 0 Å². The number of rotatable bonds is 9. The Hall–Kier alpha value is -2.91. The molecule has 0 aliphatic carbocycles. The minimum Gasteiger partial charge on any atom is -0.744 e. The standard InChI is InChI=1S/C28H23N9O10S3.3Na/c29-15-1-10-21(20(30)13-15)35-32-16-2-4-17(5-3-16)33-36-26-22(49(42,43)44)11-14-12-23(50(45,46)47)27(28(38)24(14)25(26)31)37-34-18-6-8-19(9-7-18)48(39,40)41;;;/h1-13,38H,29-31H2,(H,39,40,41)(H,42,43,44)(H,45,46,47);;;/q;3*+1/p-3. The van der Waals surface area contributed by atoms with E-state index in [9.17, 15) is 44.0 Å². The van der Waals surface area contributed by atoms with Crippen LogP contribution in [0.25, 0.3) is 10.8 Å². The first-order chi connectivity index (χ1) is 23.3. The third kappa shape index (κ3) is 11.1. The second-order valence-corrected chi connectivity index (χ2v) is 14.2. The molecule has 53 heavy (non-hydrogen) atoms. The molecule has 0 bridgehead atoms. The second-order valence-electron chi connectivity index (χ2n) is 10.1. The first-order valence-electron chi connectivity index (χ1n) is 13.4. The molecule has 0 amide bonds. The van der Waals surface area contributed by atoms with Crippen LogP contribution in [0.1, 0.15) is 0 Å². The number of nitrogens with two attached hydrogens (primary N) is 3. The Kier molecular flexibility index (Phi) is 15.8. The molecular formula is C28H20N9Na3O10S3. The Bertz CT molecular complexity index is 2610. The average Bonchev–Trinajstić information content (AvgIpc) is 3.02. The maximum absolute atomic E-state index is 12.2. The van der Waals surface area contributed by atoms with Gasteiger partial charge in [-0.25, -0.2) is 25.3 Å². The Balaban J connectivity index is 0.00000324. The number of nitrogen functional groups attached to an aromatic ring is 3. The summed E-state index contributed by atoms with van der Waals surface area (Å²) in [6.07, 6.45) is 0. The number of fused-ring (bicyclic) bond motifs is 1. The van der Waals surface area contributed by atoms with Crippen LogP contribution in [0.15, 0.2) is 124 Å². The van der Waals surface area contributed by atoms with Crippen molar-refractivity contribution in [2.24, 2.45) is 30.7 Å². The van der Waals surface area contributed by atoms with E-state index in [4.69, 9.17) is 17.2 Å². The van der Waals surface area contributed by atoms with Gasteiger partial charge in [-0.15, -0.1) is 15.3 Å². The van der Waals surface area contributed by atoms with Gasteiger partial charge in [-0.3, -0.25) is 0 Å². The molecule has 5 aromatic carbocycles. The van der Waals surface area contributed by atoms with Gasteiger partial charge in [0.05, 0.1) is 48.5 Å². The summed E-state index contributed by atoms with van der Waals surface area (Å²) >= 11 is 0. The van der Waals surface area contributed by atoms with E-state index >= 15 is 0 Å². The number of aromatic hydroxyl groups is 1. The summed E-state index contributed by atoms with van der Waals surface area (Å²) in [6, 6.07) is 15.5. The van der Waals surface area contributed by atoms with Crippen LogP contribution in [0.2, 0.25) is 0 Å². The van der Waals surface area contributed by atoms with Gasteiger partial charge in [0.2, 0.25) is 0 Å². The van der Waals surface area contributed by atoms with Crippen molar-refractivity contribution in [3.63, 3.8) is 0 Å². The minimum absolute atomic E-state index is 0. The van der Waals surface area contributed by atoms with Crippen LogP contribution in [0.5, 0.6) is 5.75 Å². The van der Waals surface area contributed by atoms with Crippen molar-refractivity contribution < 1.29 is 133 Å². The molecule has 0 atom stereocenters. The van der Waals surface area contributed by atoms with E-state index in [-0.39, 0.29) is 100 Å². The summed E-state index contributed by atoms with van der Waals surface area (Å²) < 4.78 is 107. The van der Waals surface area contributed by atoms with Crippen LogP contribution in [-0.2, 0) is 30.4 Å². The maximum atomic E-state index is 12.2. The average molecular weight is 808 g/mol. The molecule has 5 rings (SSSR count). The summed E-state index contributed by atoms with van der Waals surface area (Å²) in [7, 11) is -15.6. The van der Waals surface area contributed by atoms with Gasteiger partial charge in [-0.05, 0) is 84.2 Å². The predicted molar refractivity (Wildman–Crippen MR) is 175 cm³/mol. The fourth-order valence-electron chi connectivity index (χ4n) is 4.35. The third-order valence-corrected chi connectivity index (χ3v) is 9.23. The minimum atomic E-state index is -5.44. The quantitative estimate of drug-likeness (QED) is 0.0482. The fraction of sp³-hybridized carbons (Fsp3) is 0. The number of azo groups is 3. The van der Waals surface area contributed by atoms with Crippen molar-refractivity contribution in [2.45, 2.75) is 14.7 Å². The zero-order valence-electron chi connectivity index (χ0n) is 27.8. The Labute approximate surface area is 368 Å². The smallest absolute Gasteiger partial charge is 0.744 e. The van der Waals surface area contributed by atoms with Gasteiger partial charge in [0.1, 0.15) is 47.4 Å². The van der Waals surface area contributed by atoms with Crippen LogP contribution < -0.4 is 106 Å². The van der Waals surface area contributed by atoms with Crippen molar-refractivity contribution in [1.29, 1.82) is 0 Å². The van der Waals surface area contributed by atoms with E-state index in [0.717, 1.165) is 24.3 Å². The topological polar surface area (TPSA) is 344 Å². The molecule has 0 spiro atoms. The number of phenolic OH excluding ortho intramolecular Hbond substituents is 1. The van der Waals surface area contributed by atoms with E-state index in [1.807, 2.05) is 0 Å². The number of phenols is 1. The van der Waals surface area contributed by atoms with Crippen molar-refractivity contribution in [2.75, 3.05) is 17.2 Å². The molecular weight excluding hydrogens is 788 g/mol. The Morgan fingerprint density at radius 2 is 0.962 bits per heavy atom. The van der Waals surface area contributed by atoms with E-state index in [2.05, 4.69) is 30.7 Å². The van der Waals surface area contributed by atoms with Gasteiger partial charge in [-0.1, -0.05) is 0 Å². The molecule has 0 unspecified atom stereocenters. The van der Waals surface area contributed by atoms with Gasteiger partial charge in [0.25, 0.3) is 0 Å². The van der Waals surface area contributed by atoms with Crippen molar-refractivity contribution in [1.82, 2.24) is 0 Å². The van der Waals surface area contributed by atoms with Crippen LogP contribution in [0.4, 0.5) is 51.2 Å². The third-order valence-electron chi connectivity index (χ3n) is 6.68. The van der Waals surface area contributed by atoms with Gasteiger partial charge < -0.3 is 36.0 Å². The van der Waals surface area contributed by atoms with Gasteiger partial charge in [0, 0.05) is 5.69 Å². The molecule has 0 fully saturated rings. The number of nitrogens with zero attached hydrogens (tertiary/aromatic N) is 6. The summed E-state index contributed by atoms with van der Waals surface area (Å²) in [5, 5.41) is 33.3. The summed E-state index contributed by atoms with van der Waals surface area (Å²) in [5.74, 6) is -1.07. The molecule has 25 heteroatoms. The zero-order valence-corrected chi connectivity index (χ0v) is 36.2. The van der Waals surface area contributed by atoms with E-state index in [0.29, 0.717) is 34.9 Å². The Morgan fingerprint density at radius 3 is 1.42 bits per heavy atom. The molecule has 0 aromatic heterocycles. The van der Waals surface area contributed by atoms with Crippen LogP contribution in [0, 0.1) is 0 Å². The SMILES string of the molecule is Nc1ccc(N=Nc2ccc(N=Nc3c(S(=O)(=O)[O-])cc4cc(S(=O)(=O)[O-])c(N=Nc5ccc(S(=O)(=O)[O-])cc5)c(O)c4c3N)cc2)c(N)c1.[Na+].[Na+].[Na+]. The molecule has 19 nitrogen and oxygen atoms in total. The van der Waals surface area contributed by atoms with E-state index in [1.165, 1.54) is 30.3 Å². The van der Waals surface area contributed by atoms with Crippen LogP contribution >= 0.6 is 0 Å². The van der Waals surface area contributed by atoms with Gasteiger partial charge in [0.15, 0.2) is 5.75 Å². The molecule has 0 heterocycles. The van der Waals surface area contributed by atoms with Gasteiger partial charge >= 0.3 is 88.7 Å². The number of hydrogen-bond acceptors (Lipinski definition) is 19. The first-order valence-corrected chi connectivity index (χ1v) is 17.7. The van der Waals surface area contributed by atoms with Gasteiger partial charge in [-0.2, -0.15) is 15.3 Å². The Morgan fingerprint density at radius 1 is 0.528 bits per heavy atom. The van der Waals surface area contributed by atoms with Crippen LogP contribution in [-0.4, -0.2) is 44.0 Å². The molecule has 0 radical (unpaired) electrons. The number of anilines is 3. The van der Waals surface area contributed by atoms with Crippen molar-refractivity contribution in [3.8, 4) is 5.75 Å². The maximum Gasteiger partial charge on any atom is 1.00 e. The number of hydrogen-bond donors (Lipinski definition) is 4. The fourth-order valence-corrected chi connectivity index (χ4v) is 6.12. The van der Waals surface area contributed by atoms with Crippen molar-refractivity contribution >= 4 is 92.3 Å². The molecule has 0 saturated heterocycles. The molecule has 7 N–H and O–H groups in total. The summed E-state index contributed by atoms with van der Waals surface area (Å²) in [6.45, 7) is 0. The monoisotopic (exact) mass is 807 g/mol. The van der Waals surface area contributed by atoms with Crippen molar-refractivity contribution in [3.05, 3.63) is 78.9 Å². The largest absolute Gasteiger partial charge is 1.00 e. The zero-order chi connectivity index (χ0) is 36.6. The molecule has 258 valence electrons. The predicted octanol–water partition coefficient (Wildman–Crippen LogP) is -3.74.